The molecule has 4 rings (SSSR count). The summed E-state index contributed by atoms with van der Waals surface area (Å²) in [7, 11) is 3.02. The second-order valence-electron chi connectivity index (χ2n) is 7.26. The van der Waals surface area contributed by atoms with Gasteiger partial charge in [0.25, 0.3) is 5.56 Å². The van der Waals surface area contributed by atoms with Gasteiger partial charge in [0.2, 0.25) is 0 Å². The van der Waals surface area contributed by atoms with Crippen molar-refractivity contribution in [1.82, 2.24) is 14.1 Å². The predicted molar refractivity (Wildman–Crippen MR) is 126 cm³/mol. The van der Waals surface area contributed by atoms with Gasteiger partial charge in [-0.25, -0.2) is 9.78 Å². The molecule has 1 aromatic carbocycles. The number of aryl methyl sites for hydroxylation is 1. The highest BCUT2D eigenvalue weighted by Gasteiger charge is 2.19. The molecule has 0 aliphatic rings. The lowest BCUT2D eigenvalue weighted by atomic mass is 10.2. The Morgan fingerprint density at radius 2 is 1.88 bits per heavy atom. The van der Waals surface area contributed by atoms with Crippen LogP contribution in [-0.4, -0.2) is 38.7 Å². The molecule has 0 spiro atoms. The van der Waals surface area contributed by atoms with Crippen molar-refractivity contribution in [2.24, 2.45) is 7.05 Å². The zero-order chi connectivity index (χ0) is 23.0. The van der Waals surface area contributed by atoms with Crippen LogP contribution in [0, 0.1) is 13.8 Å². The molecular weight excluding hydrogens is 446 g/mol. The minimum atomic E-state index is -0.394. The fraction of sp³-hybridized carbons (Fsp3) is 0.217. The van der Waals surface area contributed by atoms with Crippen LogP contribution >= 0.6 is 23.1 Å². The van der Waals surface area contributed by atoms with Crippen LogP contribution < -0.4 is 5.56 Å². The molecule has 0 aliphatic heterocycles. The first-order chi connectivity index (χ1) is 15.3. The zero-order valence-electron chi connectivity index (χ0n) is 18.0. The molecular formula is C23H21N3O4S2. The molecule has 0 bridgehead atoms. The highest BCUT2D eigenvalue weighted by atomic mass is 32.2. The van der Waals surface area contributed by atoms with Gasteiger partial charge in [0.1, 0.15) is 4.70 Å². The number of aromatic nitrogens is 3. The number of thioether (sulfide) groups is 1. The van der Waals surface area contributed by atoms with Crippen LogP contribution in [0.4, 0.5) is 0 Å². The molecule has 0 fully saturated rings. The van der Waals surface area contributed by atoms with E-state index in [1.54, 1.807) is 19.2 Å². The van der Waals surface area contributed by atoms with E-state index in [1.807, 2.05) is 48.1 Å². The number of Topliss-reactive ketones (excluding diaryl/α,β-unsaturated/α-hetero) is 1. The number of nitrogens with zero attached hydrogens (tertiary/aromatic N) is 3. The van der Waals surface area contributed by atoms with Crippen molar-refractivity contribution in [3.8, 4) is 5.69 Å². The van der Waals surface area contributed by atoms with Gasteiger partial charge in [-0.3, -0.25) is 14.2 Å². The molecule has 32 heavy (non-hydrogen) atoms. The predicted octanol–water partition coefficient (Wildman–Crippen LogP) is 4.16. The van der Waals surface area contributed by atoms with Gasteiger partial charge in [0.15, 0.2) is 10.9 Å². The van der Waals surface area contributed by atoms with E-state index in [1.165, 1.54) is 34.8 Å². The third kappa shape index (κ3) is 3.89. The lowest BCUT2D eigenvalue weighted by Crippen LogP contribution is -2.19. The molecule has 4 aromatic rings. The Balaban J connectivity index is 1.57. The van der Waals surface area contributed by atoms with Crippen molar-refractivity contribution in [3.05, 3.63) is 74.6 Å². The Morgan fingerprint density at radius 3 is 2.56 bits per heavy atom. The minimum absolute atomic E-state index is 0.0415. The van der Waals surface area contributed by atoms with E-state index in [4.69, 9.17) is 4.74 Å². The molecule has 3 heterocycles. The lowest BCUT2D eigenvalue weighted by molar-refractivity contribution is 0.0600. The van der Waals surface area contributed by atoms with Gasteiger partial charge in [0.05, 0.1) is 23.9 Å². The molecule has 0 saturated heterocycles. The zero-order valence-corrected chi connectivity index (χ0v) is 19.7. The van der Waals surface area contributed by atoms with Crippen LogP contribution in [0.15, 0.2) is 51.7 Å². The number of rotatable bonds is 6. The number of ketones is 1. The second-order valence-corrected chi connectivity index (χ2v) is 9.12. The molecule has 0 atom stereocenters. The van der Waals surface area contributed by atoms with E-state index in [-0.39, 0.29) is 17.1 Å². The third-order valence-electron chi connectivity index (χ3n) is 5.26. The van der Waals surface area contributed by atoms with Gasteiger partial charge in [-0.15, -0.1) is 11.3 Å². The maximum absolute atomic E-state index is 13.0. The van der Waals surface area contributed by atoms with E-state index in [0.717, 1.165) is 17.1 Å². The summed E-state index contributed by atoms with van der Waals surface area (Å²) < 4.78 is 8.83. The van der Waals surface area contributed by atoms with Crippen LogP contribution in [0.1, 0.15) is 32.1 Å². The van der Waals surface area contributed by atoms with Crippen molar-refractivity contribution in [1.29, 1.82) is 0 Å². The first-order valence-electron chi connectivity index (χ1n) is 9.79. The Kier molecular flexibility index (Phi) is 6.03. The molecule has 9 heteroatoms. The number of hydrogen-bond acceptors (Lipinski definition) is 7. The number of methoxy groups -OCH3 is 1. The smallest absolute Gasteiger partial charge is 0.337 e. The summed E-state index contributed by atoms with van der Waals surface area (Å²) in [6.07, 6.45) is 0. The number of carbonyl (C=O) groups is 2. The van der Waals surface area contributed by atoms with Crippen molar-refractivity contribution in [2.45, 2.75) is 19.0 Å². The van der Waals surface area contributed by atoms with Crippen LogP contribution in [0.25, 0.3) is 15.9 Å². The van der Waals surface area contributed by atoms with Crippen LogP contribution in [0.2, 0.25) is 0 Å². The van der Waals surface area contributed by atoms with Crippen LogP contribution in [0.5, 0.6) is 0 Å². The summed E-state index contributed by atoms with van der Waals surface area (Å²) in [6.45, 7) is 3.82. The van der Waals surface area contributed by atoms with Gasteiger partial charge >= 0.3 is 5.97 Å². The van der Waals surface area contributed by atoms with E-state index >= 15 is 0 Å². The SMILES string of the molecule is COC(=O)c1ccc(-n2c(C)cc(C(=O)CSc3nc4ccsc4c(=O)n3C)c2C)cc1. The molecule has 0 saturated carbocycles. The second kappa shape index (κ2) is 8.76. The van der Waals surface area contributed by atoms with E-state index in [2.05, 4.69) is 4.98 Å². The monoisotopic (exact) mass is 467 g/mol. The normalized spacial score (nSPS) is 11.1. The molecule has 3 aromatic heterocycles. The van der Waals surface area contributed by atoms with Crippen molar-refractivity contribution >= 4 is 45.1 Å². The van der Waals surface area contributed by atoms with Gasteiger partial charge in [0, 0.05) is 29.7 Å². The summed E-state index contributed by atoms with van der Waals surface area (Å²) in [5.41, 5.74) is 4.21. The first-order valence-corrected chi connectivity index (χ1v) is 11.7. The van der Waals surface area contributed by atoms with Crippen LogP contribution in [-0.2, 0) is 11.8 Å². The maximum atomic E-state index is 13.0. The molecule has 0 amide bonds. The topological polar surface area (TPSA) is 83.2 Å². The number of ether oxygens (including phenoxy) is 1. The van der Waals surface area contributed by atoms with E-state index in [0.29, 0.717) is 26.5 Å². The largest absolute Gasteiger partial charge is 0.465 e. The van der Waals surface area contributed by atoms with Gasteiger partial charge in [-0.1, -0.05) is 11.8 Å². The van der Waals surface area contributed by atoms with Gasteiger partial charge in [-0.05, 0) is 55.6 Å². The van der Waals surface area contributed by atoms with E-state index < -0.39 is 5.97 Å². The Bertz CT molecular complexity index is 1400. The quantitative estimate of drug-likeness (QED) is 0.183. The summed E-state index contributed by atoms with van der Waals surface area (Å²) in [5.74, 6) is -0.268. The minimum Gasteiger partial charge on any atom is -0.465 e. The van der Waals surface area contributed by atoms with Crippen molar-refractivity contribution in [3.63, 3.8) is 0 Å². The maximum Gasteiger partial charge on any atom is 0.337 e. The third-order valence-corrected chi connectivity index (χ3v) is 7.18. The molecule has 0 radical (unpaired) electrons. The van der Waals surface area contributed by atoms with E-state index in [9.17, 15) is 14.4 Å². The van der Waals surface area contributed by atoms with Gasteiger partial charge < -0.3 is 9.30 Å². The fourth-order valence-corrected chi connectivity index (χ4v) is 5.27. The number of hydrogen-bond donors (Lipinski definition) is 0. The molecule has 0 aliphatic carbocycles. The van der Waals surface area contributed by atoms with Gasteiger partial charge in [-0.2, -0.15) is 0 Å². The Labute approximate surface area is 192 Å². The van der Waals surface area contributed by atoms with Crippen molar-refractivity contribution < 1.29 is 14.3 Å². The van der Waals surface area contributed by atoms with Crippen molar-refractivity contribution in [2.75, 3.05) is 12.9 Å². The summed E-state index contributed by atoms with van der Waals surface area (Å²) in [4.78, 5) is 41.7. The number of esters is 1. The number of carbonyl (C=O) groups excluding carboxylic acids is 2. The Hall–Kier alpha value is -3.17. The summed E-state index contributed by atoms with van der Waals surface area (Å²) in [5, 5.41) is 2.35. The summed E-state index contributed by atoms with van der Waals surface area (Å²) >= 11 is 2.62. The standard InChI is InChI=1S/C23H21N3O4S2/c1-13-11-17(14(2)26(13)16-7-5-15(6-8-16)22(29)30-4)19(27)12-32-23-24-18-9-10-31-20(18)21(28)25(23)3/h5-11H,12H2,1-4H3. The lowest BCUT2D eigenvalue weighted by Gasteiger charge is -2.11. The average Bonchev–Trinajstić information content (AvgIpc) is 3.38. The van der Waals surface area contributed by atoms with Crippen LogP contribution in [0.3, 0.4) is 0 Å². The first kappa shape index (κ1) is 22.0. The molecule has 7 nitrogen and oxygen atoms in total. The molecule has 164 valence electrons. The molecule has 0 unspecified atom stereocenters. The summed E-state index contributed by atoms with van der Waals surface area (Å²) in [6, 6.07) is 10.7. The number of benzene rings is 1. The Morgan fingerprint density at radius 1 is 1.16 bits per heavy atom. The highest BCUT2D eigenvalue weighted by Crippen LogP contribution is 2.25. The highest BCUT2D eigenvalue weighted by molar-refractivity contribution is 7.99. The number of fused-ring (bicyclic) bond motifs is 1. The average molecular weight is 468 g/mol. The molecule has 0 N–H and O–H groups in total. The fourth-order valence-electron chi connectivity index (χ4n) is 3.61. The number of thiophene rings is 1.